The Kier molecular flexibility index (Phi) is 7.82. The summed E-state index contributed by atoms with van der Waals surface area (Å²) in [6.45, 7) is 13.5. The van der Waals surface area contributed by atoms with Crippen LogP contribution in [0.25, 0.3) is 16.3 Å². The number of aryl methyl sites for hydroxylation is 1. The van der Waals surface area contributed by atoms with Crippen LogP contribution in [0.4, 0.5) is 10.8 Å². The van der Waals surface area contributed by atoms with E-state index in [0.717, 1.165) is 70.8 Å². The lowest BCUT2D eigenvalue weighted by Gasteiger charge is -2.25. The molecule has 192 valence electrons. The van der Waals surface area contributed by atoms with E-state index in [4.69, 9.17) is 19.1 Å². The zero-order valence-corrected chi connectivity index (χ0v) is 24.2. The molecule has 8 nitrogen and oxygen atoms in total. The second-order valence-electron chi connectivity index (χ2n) is 10.6. The van der Waals surface area contributed by atoms with Crippen LogP contribution in [0.1, 0.15) is 30.7 Å². The Bertz CT molecular complexity index is 1280. The average molecular weight is 542 g/mol. The van der Waals surface area contributed by atoms with E-state index in [1.807, 2.05) is 30.9 Å². The second-order valence-corrected chi connectivity index (χ2v) is 17.9. The van der Waals surface area contributed by atoms with Crippen molar-refractivity contribution < 1.29 is 4.74 Å². The number of hydrogen-bond acceptors (Lipinski definition) is 9. The molecule has 5 rings (SSSR count). The third kappa shape index (κ3) is 6.03. The van der Waals surface area contributed by atoms with Gasteiger partial charge in [0.05, 0.1) is 17.6 Å². The molecule has 0 aliphatic carbocycles. The average Bonchev–Trinajstić information content (AvgIpc) is 3.60. The number of thiazole rings is 1. The van der Waals surface area contributed by atoms with Gasteiger partial charge >= 0.3 is 0 Å². The Morgan fingerprint density at radius 2 is 1.97 bits per heavy atom. The number of piperidine rings is 1. The number of rotatable bonds is 10. The van der Waals surface area contributed by atoms with Crippen LogP contribution in [-0.2, 0) is 11.3 Å². The van der Waals surface area contributed by atoms with Crippen LogP contribution in [0.3, 0.4) is 0 Å². The van der Waals surface area contributed by atoms with Crippen LogP contribution in [0.2, 0.25) is 25.7 Å². The summed E-state index contributed by atoms with van der Waals surface area (Å²) in [6, 6.07) is 3.32. The molecule has 0 aromatic carbocycles. The monoisotopic (exact) mass is 541 g/mol. The molecule has 4 aromatic rings. The summed E-state index contributed by atoms with van der Waals surface area (Å²) in [5.41, 5.74) is 3.80. The predicted octanol–water partition coefficient (Wildman–Crippen LogP) is 6.05. The minimum absolute atomic E-state index is 0.418. The Hall–Kier alpha value is -2.18. The van der Waals surface area contributed by atoms with Crippen molar-refractivity contribution in [1.82, 2.24) is 28.6 Å². The van der Waals surface area contributed by atoms with Gasteiger partial charge in [0.15, 0.2) is 11.5 Å². The number of ether oxygens (including phenoxy) is 1. The number of anilines is 2. The normalized spacial score (nSPS) is 15.1. The molecule has 36 heavy (non-hydrogen) atoms. The van der Waals surface area contributed by atoms with Crippen molar-refractivity contribution in [2.24, 2.45) is 0 Å². The van der Waals surface area contributed by atoms with Gasteiger partial charge in [-0.2, -0.15) is 4.37 Å². The first-order chi connectivity index (χ1) is 17.4. The summed E-state index contributed by atoms with van der Waals surface area (Å²) in [4.78, 5) is 18.9. The molecule has 1 aliphatic heterocycles. The summed E-state index contributed by atoms with van der Waals surface area (Å²) in [6.07, 6.45) is 9.64. The van der Waals surface area contributed by atoms with Crippen LogP contribution in [-0.4, -0.2) is 63.1 Å². The highest BCUT2D eigenvalue weighted by atomic mass is 32.1. The van der Waals surface area contributed by atoms with Gasteiger partial charge in [0.2, 0.25) is 0 Å². The minimum Gasteiger partial charge on any atom is -0.361 e. The molecule has 0 amide bonds. The van der Waals surface area contributed by atoms with E-state index in [2.05, 4.69) is 44.9 Å². The van der Waals surface area contributed by atoms with Crippen LogP contribution < -0.4 is 4.90 Å². The quantitative estimate of drug-likeness (QED) is 0.137. The molecular formula is C25H35N7OS2Si. The topological polar surface area (TPSA) is 71.7 Å². The predicted molar refractivity (Wildman–Crippen MR) is 151 cm³/mol. The van der Waals surface area contributed by atoms with E-state index in [-0.39, 0.29) is 0 Å². The van der Waals surface area contributed by atoms with Gasteiger partial charge in [-0.1, -0.05) is 26.1 Å². The SMILES string of the molecule is Cc1cn2c(-c3nccs3)cnc2c(N(COCC[Si](C)(C)C)c2cc(CN3CCCCC3)ns2)n1. The highest BCUT2D eigenvalue weighted by molar-refractivity contribution is 7.13. The highest BCUT2D eigenvalue weighted by Crippen LogP contribution is 2.34. The molecular weight excluding hydrogens is 507 g/mol. The van der Waals surface area contributed by atoms with Gasteiger partial charge in [-0.25, -0.2) is 15.0 Å². The van der Waals surface area contributed by atoms with Gasteiger partial charge < -0.3 is 4.74 Å². The molecule has 5 heterocycles. The number of nitrogens with zero attached hydrogens (tertiary/aromatic N) is 7. The summed E-state index contributed by atoms with van der Waals surface area (Å²) in [5.74, 6) is 0.791. The van der Waals surface area contributed by atoms with E-state index in [0.29, 0.717) is 6.73 Å². The van der Waals surface area contributed by atoms with Crippen LogP contribution >= 0.6 is 22.9 Å². The third-order valence-corrected chi connectivity index (χ3v) is 9.72. The molecule has 4 aromatic heterocycles. The third-order valence-electron chi connectivity index (χ3n) is 6.37. The Morgan fingerprint density at radius 1 is 1.14 bits per heavy atom. The first-order valence-corrected chi connectivity index (χ1v) is 18.0. The Balaban J connectivity index is 1.47. The van der Waals surface area contributed by atoms with E-state index in [1.165, 1.54) is 30.8 Å². The molecule has 0 atom stereocenters. The van der Waals surface area contributed by atoms with E-state index < -0.39 is 8.07 Å². The minimum atomic E-state index is -1.19. The lowest BCUT2D eigenvalue weighted by molar-refractivity contribution is 0.153. The van der Waals surface area contributed by atoms with Crippen LogP contribution in [0.5, 0.6) is 0 Å². The fourth-order valence-electron chi connectivity index (χ4n) is 4.39. The number of likely N-dealkylation sites (tertiary alicyclic amines) is 1. The largest absolute Gasteiger partial charge is 0.361 e. The van der Waals surface area contributed by atoms with Gasteiger partial charge in [0.1, 0.15) is 22.4 Å². The Morgan fingerprint density at radius 3 is 2.72 bits per heavy atom. The summed E-state index contributed by atoms with van der Waals surface area (Å²) in [5, 5.41) is 3.97. The molecule has 0 bridgehead atoms. The molecule has 1 fully saturated rings. The van der Waals surface area contributed by atoms with Crippen molar-refractivity contribution in [3.63, 3.8) is 0 Å². The molecule has 0 spiro atoms. The Labute approximate surface area is 222 Å². The number of imidazole rings is 1. The maximum absolute atomic E-state index is 6.25. The lowest BCUT2D eigenvalue weighted by atomic mass is 10.1. The lowest BCUT2D eigenvalue weighted by Crippen LogP contribution is -2.29. The summed E-state index contributed by atoms with van der Waals surface area (Å²) in [7, 11) is -1.19. The number of hydrogen-bond donors (Lipinski definition) is 0. The van der Waals surface area contributed by atoms with Gasteiger partial charge in [-0.15, -0.1) is 11.3 Å². The second kappa shape index (κ2) is 11.1. The van der Waals surface area contributed by atoms with Gasteiger partial charge in [-0.3, -0.25) is 14.2 Å². The molecule has 11 heteroatoms. The molecule has 1 aliphatic rings. The van der Waals surface area contributed by atoms with Crippen LogP contribution in [0, 0.1) is 6.92 Å². The zero-order chi connectivity index (χ0) is 25.1. The molecule has 0 N–H and O–H groups in total. The first kappa shape index (κ1) is 25.5. The number of fused-ring (bicyclic) bond motifs is 1. The van der Waals surface area contributed by atoms with E-state index >= 15 is 0 Å². The summed E-state index contributed by atoms with van der Waals surface area (Å²) >= 11 is 3.13. The fourth-order valence-corrected chi connectivity index (χ4v) is 6.54. The smallest absolute Gasteiger partial charge is 0.181 e. The maximum atomic E-state index is 6.25. The molecule has 0 saturated carbocycles. The zero-order valence-electron chi connectivity index (χ0n) is 21.6. The van der Waals surface area contributed by atoms with Crippen molar-refractivity contribution in [3.05, 3.63) is 41.4 Å². The maximum Gasteiger partial charge on any atom is 0.181 e. The van der Waals surface area contributed by atoms with Crippen molar-refractivity contribution in [1.29, 1.82) is 0 Å². The van der Waals surface area contributed by atoms with Crippen molar-refractivity contribution in [3.8, 4) is 10.7 Å². The molecule has 0 unspecified atom stereocenters. The van der Waals surface area contributed by atoms with E-state index in [1.54, 1.807) is 11.3 Å². The van der Waals surface area contributed by atoms with Crippen LogP contribution in [0.15, 0.2) is 30.0 Å². The molecule has 1 saturated heterocycles. The first-order valence-electron chi connectivity index (χ1n) is 12.7. The van der Waals surface area contributed by atoms with Gasteiger partial charge in [0, 0.05) is 39.0 Å². The van der Waals surface area contributed by atoms with Gasteiger partial charge in [0.25, 0.3) is 0 Å². The highest BCUT2D eigenvalue weighted by Gasteiger charge is 2.23. The molecule has 0 radical (unpaired) electrons. The van der Waals surface area contributed by atoms with Crippen molar-refractivity contribution in [2.45, 2.75) is 58.4 Å². The van der Waals surface area contributed by atoms with Crippen molar-refractivity contribution in [2.75, 3.05) is 31.3 Å². The van der Waals surface area contributed by atoms with Gasteiger partial charge in [-0.05, 0) is 56.5 Å². The number of aromatic nitrogens is 5. The summed E-state index contributed by atoms with van der Waals surface area (Å²) < 4.78 is 13.2. The fraction of sp³-hybridized carbons (Fsp3) is 0.520. The standard InChI is InChI=1S/C25H35N7OS2Si/c1-19-16-31-21(25-26-8-12-34-25)15-27-23(31)24(28-19)32(18-33-11-13-36(2,3)4)22-14-20(29-35-22)17-30-9-6-5-7-10-30/h8,12,14-16H,5-7,9-11,13,17-18H2,1-4H3. The van der Waals surface area contributed by atoms with Crippen molar-refractivity contribution >= 4 is 47.4 Å². The van der Waals surface area contributed by atoms with E-state index in [9.17, 15) is 0 Å².